The number of fused-ring (bicyclic) bond motifs is 5. The minimum absolute atomic E-state index is 0.0104. The molecule has 124 valence electrons. The standard InChI is InChI=1S/C19H30O3/c1-18-10-8-15(20)17(22)14(18)4-3-11-12-5-6-16(21)19(12,2)9-7-13(11)18/h8,10-17,20-22H,3-7,9H2,1-2H3/t11-,12-,13-,14?,15?,16?,17?,18+,19-/m0/s1. The molecule has 4 aliphatic rings. The van der Waals surface area contributed by atoms with Gasteiger partial charge in [0.1, 0.15) is 0 Å². The molecule has 0 aromatic rings. The molecule has 3 nitrogen and oxygen atoms in total. The summed E-state index contributed by atoms with van der Waals surface area (Å²) in [5.41, 5.74) is 0.122. The van der Waals surface area contributed by atoms with E-state index in [0.29, 0.717) is 17.8 Å². The molecule has 0 radical (unpaired) electrons. The fourth-order valence-electron chi connectivity index (χ4n) is 6.84. The molecule has 22 heavy (non-hydrogen) atoms. The Morgan fingerprint density at radius 2 is 1.59 bits per heavy atom. The van der Waals surface area contributed by atoms with Crippen LogP contribution in [-0.2, 0) is 0 Å². The normalized spacial score (nSPS) is 60.5. The summed E-state index contributed by atoms with van der Waals surface area (Å²) in [4.78, 5) is 0. The minimum Gasteiger partial charge on any atom is -0.393 e. The molecule has 3 N–H and O–H groups in total. The molecular weight excluding hydrogens is 276 g/mol. The van der Waals surface area contributed by atoms with E-state index in [1.807, 2.05) is 6.08 Å². The second kappa shape index (κ2) is 4.81. The van der Waals surface area contributed by atoms with Crippen LogP contribution < -0.4 is 0 Å². The van der Waals surface area contributed by atoms with Gasteiger partial charge in [0.2, 0.25) is 0 Å². The van der Waals surface area contributed by atoms with Crippen LogP contribution in [0.3, 0.4) is 0 Å². The Balaban J connectivity index is 1.68. The smallest absolute Gasteiger partial charge is 0.0983 e. The predicted octanol–water partition coefficient (Wildman–Crippen LogP) is 2.50. The molecule has 3 heteroatoms. The molecule has 0 spiro atoms. The zero-order chi connectivity index (χ0) is 15.7. The van der Waals surface area contributed by atoms with Gasteiger partial charge in [-0.3, -0.25) is 0 Å². The van der Waals surface area contributed by atoms with Crippen molar-refractivity contribution in [2.75, 3.05) is 0 Å². The molecule has 0 saturated heterocycles. The third kappa shape index (κ3) is 1.79. The second-order valence-corrected chi connectivity index (χ2v) is 8.90. The highest BCUT2D eigenvalue weighted by atomic mass is 16.3. The fraction of sp³-hybridized carbons (Fsp3) is 0.895. The van der Waals surface area contributed by atoms with Gasteiger partial charge in [0, 0.05) is 0 Å². The van der Waals surface area contributed by atoms with Crippen molar-refractivity contribution in [2.45, 2.75) is 70.7 Å². The van der Waals surface area contributed by atoms with E-state index in [-0.39, 0.29) is 22.9 Å². The Kier molecular flexibility index (Phi) is 3.32. The van der Waals surface area contributed by atoms with Gasteiger partial charge >= 0.3 is 0 Å². The first kappa shape index (κ1) is 15.2. The van der Waals surface area contributed by atoms with Crippen LogP contribution in [0, 0.1) is 34.5 Å². The number of aliphatic hydroxyl groups is 3. The molecular formula is C19H30O3. The molecule has 0 aliphatic heterocycles. The Bertz CT molecular complexity index is 489. The molecule has 0 heterocycles. The van der Waals surface area contributed by atoms with E-state index in [1.165, 1.54) is 0 Å². The van der Waals surface area contributed by atoms with Crippen molar-refractivity contribution in [2.24, 2.45) is 34.5 Å². The van der Waals surface area contributed by atoms with Crippen LogP contribution >= 0.6 is 0 Å². The minimum atomic E-state index is -0.697. The summed E-state index contributed by atoms with van der Waals surface area (Å²) < 4.78 is 0. The van der Waals surface area contributed by atoms with Crippen molar-refractivity contribution in [1.29, 1.82) is 0 Å². The molecule has 4 aliphatic carbocycles. The lowest BCUT2D eigenvalue weighted by atomic mass is 9.46. The zero-order valence-corrected chi connectivity index (χ0v) is 13.8. The van der Waals surface area contributed by atoms with Gasteiger partial charge in [-0.25, -0.2) is 0 Å². The first-order valence-electron chi connectivity index (χ1n) is 9.11. The number of aliphatic hydroxyl groups excluding tert-OH is 3. The van der Waals surface area contributed by atoms with Crippen LogP contribution in [0.4, 0.5) is 0 Å². The van der Waals surface area contributed by atoms with Crippen molar-refractivity contribution in [1.82, 2.24) is 0 Å². The largest absolute Gasteiger partial charge is 0.393 e. The number of hydrogen-bond donors (Lipinski definition) is 3. The summed E-state index contributed by atoms with van der Waals surface area (Å²) in [7, 11) is 0. The van der Waals surface area contributed by atoms with Crippen LogP contribution in [0.25, 0.3) is 0 Å². The quantitative estimate of drug-likeness (QED) is 0.603. The first-order chi connectivity index (χ1) is 10.4. The van der Waals surface area contributed by atoms with Crippen molar-refractivity contribution in [3.05, 3.63) is 12.2 Å². The highest BCUT2D eigenvalue weighted by Gasteiger charge is 2.60. The van der Waals surface area contributed by atoms with Crippen molar-refractivity contribution in [3.8, 4) is 0 Å². The summed E-state index contributed by atoms with van der Waals surface area (Å²) in [5, 5.41) is 30.9. The van der Waals surface area contributed by atoms with Crippen molar-refractivity contribution < 1.29 is 15.3 Å². The van der Waals surface area contributed by atoms with E-state index < -0.39 is 12.2 Å². The molecule has 3 saturated carbocycles. The van der Waals surface area contributed by atoms with Gasteiger partial charge in [-0.05, 0) is 73.0 Å². The van der Waals surface area contributed by atoms with Crippen LogP contribution in [-0.4, -0.2) is 33.6 Å². The van der Waals surface area contributed by atoms with Gasteiger partial charge in [-0.15, -0.1) is 0 Å². The van der Waals surface area contributed by atoms with Crippen molar-refractivity contribution in [3.63, 3.8) is 0 Å². The summed E-state index contributed by atoms with van der Waals surface area (Å²) >= 11 is 0. The first-order valence-corrected chi connectivity index (χ1v) is 9.11. The Morgan fingerprint density at radius 3 is 2.36 bits per heavy atom. The number of hydrogen-bond acceptors (Lipinski definition) is 3. The van der Waals surface area contributed by atoms with Gasteiger partial charge in [-0.1, -0.05) is 26.0 Å². The third-order valence-corrected chi connectivity index (χ3v) is 8.21. The van der Waals surface area contributed by atoms with E-state index in [2.05, 4.69) is 19.9 Å². The molecule has 4 unspecified atom stereocenters. The Labute approximate surface area is 133 Å². The molecule has 0 aromatic heterocycles. The highest BCUT2D eigenvalue weighted by Crippen LogP contribution is 2.65. The summed E-state index contributed by atoms with van der Waals surface area (Å²) in [6.07, 6.45) is 9.12. The number of allylic oxidation sites excluding steroid dienone is 1. The van der Waals surface area contributed by atoms with E-state index in [4.69, 9.17) is 0 Å². The van der Waals surface area contributed by atoms with E-state index in [9.17, 15) is 15.3 Å². The fourth-order valence-corrected chi connectivity index (χ4v) is 6.84. The molecule has 0 aromatic carbocycles. The van der Waals surface area contributed by atoms with Crippen LogP contribution in [0.1, 0.15) is 52.4 Å². The average Bonchev–Trinajstić information content (AvgIpc) is 2.79. The van der Waals surface area contributed by atoms with Gasteiger partial charge in [0.05, 0.1) is 18.3 Å². The van der Waals surface area contributed by atoms with E-state index >= 15 is 0 Å². The topological polar surface area (TPSA) is 60.7 Å². The van der Waals surface area contributed by atoms with E-state index in [1.54, 1.807) is 0 Å². The Hall–Kier alpha value is -0.380. The molecule has 0 bridgehead atoms. The lowest BCUT2D eigenvalue weighted by molar-refractivity contribution is -0.132. The highest BCUT2D eigenvalue weighted by molar-refractivity contribution is 5.19. The lowest BCUT2D eigenvalue weighted by Crippen LogP contribution is -2.56. The number of rotatable bonds is 0. The van der Waals surface area contributed by atoms with E-state index in [0.717, 1.165) is 38.5 Å². The average molecular weight is 306 g/mol. The molecule has 9 atom stereocenters. The van der Waals surface area contributed by atoms with Gasteiger partial charge in [-0.2, -0.15) is 0 Å². The zero-order valence-electron chi connectivity index (χ0n) is 13.8. The monoisotopic (exact) mass is 306 g/mol. The maximum atomic E-state index is 10.5. The van der Waals surface area contributed by atoms with Gasteiger partial charge in [0.25, 0.3) is 0 Å². The Morgan fingerprint density at radius 1 is 0.864 bits per heavy atom. The van der Waals surface area contributed by atoms with Crippen LogP contribution in [0.5, 0.6) is 0 Å². The van der Waals surface area contributed by atoms with Crippen LogP contribution in [0.2, 0.25) is 0 Å². The molecule has 4 rings (SSSR count). The predicted molar refractivity (Wildman–Crippen MR) is 85.0 cm³/mol. The van der Waals surface area contributed by atoms with Crippen LogP contribution in [0.15, 0.2) is 12.2 Å². The molecule has 0 amide bonds. The third-order valence-electron chi connectivity index (χ3n) is 8.21. The maximum Gasteiger partial charge on any atom is 0.0983 e. The van der Waals surface area contributed by atoms with Crippen molar-refractivity contribution >= 4 is 0 Å². The van der Waals surface area contributed by atoms with Gasteiger partial charge in [0.15, 0.2) is 0 Å². The maximum absolute atomic E-state index is 10.5. The SMILES string of the molecule is C[C@]12C=CC(O)C(O)C1CC[C@@H]1[C@@H]2CC[C@]2(C)C(O)CC[C@@H]12. The summed E-state index contributed by atoms with van der Waals surface area (Å²) in [6.45, 7) is 4.60. The lowest BCUT2D eigenvalue weighted by Gasteiger charge is -2.59. The second-order valence-electron chi connectivity index (χ2n) is 8.90. The summed E-state index contributed by atoms with van der Waals surface area (Å²) in [6, 6.07) is 0. The molecule has 3 fully saturated rings. The summed E-state index contributed by atoms with van der Waals surface area (Å²) in [5.74, 6) is 2.08. The van der Waals surface area contributed by atoms with Gasteiger partial charge < -0.3 is 15.3 Å².